The lowest BCUT2D eigenvalue weighted by Gasteiger charge is -2.37. The highest BCUT2D eigenvalue weighted by Crippen LogP contribution is 2.25. The predicted molar refractivity (Wildman–Crippen MR) is 121 cm³/mol. The van der Waals surface area contributed by atoms with Crippen LogP contribution in [0.2, 0.25) is 5.02 Å². The van der Waals surface area contributed by atoms with E-state index in [-0.39, 0.29) is 17.9 Å². The molecule has 0 aliphatic carbocycles. The summed E-state index contributed by atoms with van der Waals surface area (Å²) in [5.74, 6) is 0.0559. The van der Waals surface area contributed by atoms with Crippen LogP contribution >= 0.6 is 27.5 Å². The molecule has 150 valence electrons. The SMILES string of the molecule is Cc1ccc(Cl)cc1N1CCN(C(=O)Cn2ccc(=O)c3cc(Br)ccc32)CC1. The number of nitrogens with zero attached hydrogens (tertiary/aromatic N) is 3. The largest absolute Gasteiger partial charge is 0.368 e. The number of benzene rings is 2. The van der Waals surface area contributed by atoms with Crippen LogP contribution in [0.5, 0.6) is 0 Å². The van der Waals surface area contributed by atoms with E-state index in [1.165, 1.54) is 11.6 Å². The van der Waals surface area contributed by atoms with Gasteiger partial charge < -0.3 is 14.4 Å². The Kier molecular flexibility index (Phi) is 5.65. The monoisotopic (exact) mass is 473 g/mol. The summed E-state index contributed by atoms with van der Waals surface area (Å²) in [7, 11) is 0. The second-order valence-electron chi connectivity index (χ2n) is 7.27. The molecule has 1 fully saturated rings. The highest BCUT2D eigenvalue weighted by atomic mass is 79.9. The van der Waals surface area contributed by atoms with Crippen molar-refractivity contribution in [3.8, 4) is 0 Å². The van der Waals surface area contributed by atoms with Crippen molar-refractivity contribution in [2.45, 2.75) is 13.5 Å². The molecule has 2 aromatic carbocycles. The minimum atomic E-state index is -0.0458. The van der Waals surface area contributed by atoms with E-state index >= 15 is 0 Å². The van der Waals surface area contributed by atoms with Gasteiger partial charge >= 0.3 is 0 Å². The van der Waals surface area contributed by atoms with Crippen molar-refractivity contribution in [2.24, 2.45) is 0 Å². The number of carbonyl (C=O) groups excluding carboxylic acids is 1. The standard InChI is InChI=1S/C22H21BrClN3O2/c1-15-2-4-17(24)13-20(15)25-8-10-26(11-9-25)22(29)14-27-7-6-21(28)18-12-16(23)3-5-19(18)27/h2-7,12-13H,8-11,14H2,1H3. The Morgan fingerprint density at radius 1 is 1.07 bits per heavy atom. The van der Waals surface area contributed by atoms with Gasteiger partial charge in [0, 0.05) is 59.0 Å². The van der Waals surface area contributed by atoms with Gasteiger partial charge in [0.05, 0.1) is 5.52 Å². The van der Waals surface area contributed by atoms with Crippen LogP contribution in [0.25, 0.3) is 10.9 Å². The summed E-state index contributed by atoms with van der Waals surface area (Å²) < 4.78 is 2.69. The van der Waals surface area contributed by atoms with Crippen molar-refractivity contribution in [1.82, 2.24) is 9.47 Å². The van der Waals surface area contributed by atoms with E-state index in [2.05, 4.69) is 27.8 Å². The molecule has 1 aliphatic rings. The number of fused-ring (bicyclic) bond motifs is 1. The molecule has 4 rings (SSSR count). The lowest BCUT2D eigenvalue weighted by molar-refractivity contribution is -0.132. The highest BCUT2D eigenvalue weighted by molar-refractivity contribution is 9.10. The molecular weight excluding hydrogens is 454 g/mol. The number of halogens is 2. The van der Waals surface area contributed by atoms with Crippen molar-refractivity contribution in [3.63, 3.8) is 0 Å². The summed E-state index contributed by atoms with van der Waals surface area (Å²) in [6.07, 6.45) is 1.70. The van der Waals surface area contributed by atoms with Gasteiger partial charge in [-0.1, -0.05) is 33.6 Å². The van der Waals surface area contributed by atoms with E-state index in [1.807, 2.05) is 39.8 Å². The Balaban J connectivity index is 1.47. The van der Waals surface area contributed by atoms with Crippen molar-refractivity contribution in [1.29, 1.82) is 0 Å². The van der Waals surface area contributed by atoms with Crippen LogP contribution in [0.4, 0.5) is 5.69 Å². The third kappa shape index (κ3) is 4.19. The molecule has 1 saturated heterocycles. The molecule has 1 amide bonds. The number of carbonyl (C=O) groups is 1. The molecule has 0 spiro atoms. The first-order valence-electron chi connectivity index (χ1n) is 9.50. The molecule has 1 aliphatic heterocycles. The maximum atomic E-state index is 12.9. The van der Waals surface area contributed by atoms with E-state index in [4.69, 9.17) is 11.6 Å². The maximum absolute atomic E-state index is 12.9. The molecule has 0 N–H and O–H groups in total. The number of pyridine rings is 1. The second-order valence-corrected chi connectivity index (χ2v) is 8.62. The van der Waals surface area contributed by atoms with Gasteiger partial charge in [0.25, 0.3) is 0 Å². The van der Waals surface area contributed by atoms with Crippen LogP contribution in [0.15, 0.2) is 57.9 Å². The molecule has 5 nitrogen and oxygen atoms in total. The average Bonchev–Trinajstić information content (AvgIpc) is 2.72. The number of anilines is 1. The molecule has 7 heteroatoms. The van der Waals surface area contributed by atoms with Gasteiger partial charge in [-0.3, -0.25) is 9.59 Å². The number of piperazine rings is 1. The van der Waals surface area contributed by atoms with Gasteiger partial charge in [0.2, 0.25) is 5.91 Å². The van der Waals surface area contributed by atoms with Crippen LogP contribution in [-0.4, -0.2) is 41.6 Å². The topological polar surface area (TPSA) is 45.5 Å². The summed E-state index contributed by atoms with van der Waals surface area (Å²) in [5.41, 5.74) is 3.03. The summed E-state index contributed by atoms with van der Waals surface area (Å²) in [6, 6.07) is 13.0. The van der Waals surface area contributed by atoms with Gasteiger partial charge in [-0.25, -0.2) is 0 Å². The third-order valence-corrected chi connectivity index (χ3v) is 6.12. The fourth-order valence-electron chi connectivity index (χ4n) is 3.79. The van der Waals surface area contributed by atoms with E-state index < -0.39 is 0 Å². The third-order valence-electron chi connectivity index (χ3n) is 5.39. The molecule has 1 aromatic heterocycles. The molecule has 0 atom stereocenters. The summed E-state index contributed by atoms with van der Waals surface area (Å²) >= 11 is 9.56. The van der Waals surface area contributed by atoms with Gasteiger partial charge in [-0.05, 0) is 42.8 Å². The summed E-state index contributed by atoms with van der Waals surface area (Å²) in [6.45, 7) is 5.15. The highest BCUT2D eigenvalue weighted by Gasteiger charge is 2.22. The van der Waals surface area contributed by atoms with E-state index in [0.29, 0.717) is 18.5 Å². The number of hydrogen-bond acceptors (Lipinski definition) is 3. The zero-order chi connectivity index (χ0) is 20.5. The van der Waals surface area contributed by atoms with Crippen LogP contribution < -0.4 is 10.3 Å². The summed E-state index contributed by atoms with van der Waals surface area (Å²) in [4.78, 5) is 29.2. The fraction of sp³-hybridized carbons (Fsp3) is 0.273. The smallest absolute Gasteiger partial charge is 0.242 e. The van der Waals surface area contributed by atoms with Gasteiger partial charge in [-0.2, -0.15) is 0 Å². The molecule has 0 bridgehead atoms. The van der Waals surface area contributed by atoms with Gasteiger partial charge in [-0.15, -0.1) is 0 Å². The zero-order valence-electron chi connectivity index (χ0n) is 16.1. The van der Waals surface area contributed by atoms with Crippen molar-refractivity contribution >= 4 is 50.0 Å². The molecule has 0 saturated carbocycles. The van der Waals surface area contributed by atoms with Crippen molar-refractivity contribution < 1.29 is 4.79 Å². The van der Waals surface area contributed by atoms with Crippen LogP contribution in [0, 0.1) is 6.92 Å². The van der Waals surface area contributed by atoms with Crippen molar-refractivity contribution in [3.05, 3.63) is 73.9 Å². The normalized spacial score (nSPS) is 14.4. The Labute approximate surface area is 182 Å². The van der Waals surface area contributed by atoms with E-state index in [1.54, 1.807) is 12.3 Å². The minimum absolute atomic E-state index is 0.0458. The zero-order valence-corrected chi connectivity index (χ0v) is 18.4. The average molecular weight is 475 g/mol. The fourth-order valence-corrected chi connectivity index (χ4v) is 4.31. The lowest BCUT2D eigenvalue weighted by atomic mass is 10.1. The van der Waals surface area contributed by atoms with E-state index in [9.17, 15) is 9.59 Å². The molecule has 29 heavy (non-hydrogen) atoms. The summed E-state index contributed by atoms with van der Waals surface area (Å²) in [5, 5.41) is 1.33. The lowest BCUT2D eigenvalue weighted by Crippen LogP contribution is -2.49. The minimum Gasteiger partial charge on any atom is -0.368 e. The molecular formula is C22H21BrClN3O2. The number of aryl methyl sites for hydroxylation is 1. The predicted octanol–water partition coefficient (Wildman–Crippen LogP) is 4.07. The molecule has 0 radical (unpaired) electrons. The number of hydrogen-bond donors (Lipinski definition) is 0. The van der Waals surface area contributed by atoms with Crippen LogP contribution in [-0.2, 0) is 11.3 Å². The number of rotatable bonds is 3. The van der Waals surface area contributed by atoms with Crippen LogP contribution in [0.3, 0.4) is 0 Å². The first kappa shape index (κ1) is 20.0. The molecule has 3 aromatic rings. The van der Waals surface area contributed by atoms with Crippen LogP contribution in [0.1, 0.15) is 5.56 Å². The quantitative estimate of drug-likeness (QED) is 0.575. The van der Waals surface area contributed by atoms with Gasteiger partial charge in [0.15, 0.2) is 5.43 Å². The Bertz CT molecular complexity index is 1140. The van der Waals surface area contributed by atoms with Gasteiger partial charge in [0.1, 0.15) is 6.54 Å². The first-order chi connectivity index (χ1) is 13.9. The molecule has 2 heterocycles. The molecule has 0 unspecified atom stereocenters. The second kappa shape index (κ2) is 8.20. The van der Waals surface area contributed by atoms with Crippen molar-refractivity contribution in [2.75, 3.05) is 31.1 Å². The first-order valence-corrected chi connectivity index (χ1v) is 10.7. The maximum Gasteiger partial charge on any atom is 0.242 e. The van der Waals surface area contributed by atoms with E-state index in [0.717, 1.165) is 33.8 Å². The Morgan fingerprint density at radius 2 is 1.83 bits per heavy atom. The Morgan fingerprint density at radius 3 is 2.59 bits per heavy atom. The number of aromatic nitrogens is 1. The number of amides is 1. The Hall–Kier alpha value is -2.31.